The fraction of sp³-hybridized carbons (Fsp3) is 0.600. The van der Waals surface area contributed by atoms with E-state index in [1.54, 1.807) is 0 Å². The van der Waals surface area contributed by atoms with Gasteiger partial charge in [-0.3, -0.25) is 14.5 Å². The smallest absolute Gasteiger partial charge is 0.326 e. The quantitative estimate of drug-likeness (QED) is 0.781. The van der Waals surface area contributed by atoms with E-state index in [0.717, 1.165) is 17.1 Å². The highest BCUT2D eigenvalue weighted by Crippen LogP contribution is 2.16. The van der Waals surface area contributed by atoms with Gasteiger partial charge in [0.05, 0.1) is 13.0 Å². The fourth-order valence-corrected chi connectivity index (χ4v) is 2.45. The SMILES string of the molecule is CC(C)Cc1cc(CNC(=O)CC2C(=O)N(C)C(=O)N2C)no1. The van der Waals surface area contributed by atoms with Crippen molar-refractivity contribution in [1.29, 1.82) is 0 Å². The average molecular weight is 322 g/mol. The summed E-state index contributed by atoms with van der Waals surface area (Å²) in [5.74, 6) is 0.561. The molecule has 4 amide bonds. The molecule has 1 atom stereocenters. The number of carbonyl (C=O) groups is 3. The van der Waals surface area contributed by atoms with Crippen molar-refractivity contribution < 1.29 is 18.9 Å². The van der Waals surface area contributed by atoms with Crippen LogP contribution in [0.15, 0.2) is 10.6 Å². The van der Waals surface area contributed by atoms with Gasteiger partial charge in [0.15, 0.2) is 0 Å². The molecule has 1 aliphatic heterocycles. The summed E-state index contributed by atoms with van der Waals surface area (Å²) in [7, 11) is 2.92. The lowest BCUT2D eigenvalue weighted by atomic mass is 10.1. The lowest BCUT2D eigenvalue weighted by Gasteiger charge is -2.15. The molecule has 8 heteroatoms. The Labute approximate surface area is 134 Å². The van der Waals surface area contributed by atoms with Gasteiger partial charge in [0.1, 0.15) is 17.5 Å². The highest BCUT2D eigenvalue weighted by Gasteiger charge is 2.41. The van der Waals surface area contributed by atoms with Crippen molar-refractivity contribution in [2.45, 2.75) is 39.3 Å². The van der Waals surface area contributed by atoms with E-state index in [-0.39, 0.29) is 24.8 Å². The second-order valence-corrected chi connectivity index (χ2v) is 6.17. The van der Waals surface area contributed by atoms with Crippen LogP contribution in [0.3, 0.4) is 0 Å². The minimum atomic E-state index is -0.749. The molecule has 23 heavy (non-hydrogen) atoms. The summed E-state index contributed by atoms with van der Waals surface area (Å²) in [6, 6.07) is 0.661. The number of hydrogen-bond acceptors (Lipinski definition) is 5. The van der Waals surface area contributed by atoms with Crippen LogP contribution < -0.4 is 5.32 Å². The summed E-state index contributed by atoms with van der Waals surface area (Å²) in [6.07, 6.45) is 0.721. The third-order valence-corrected chi connectivity index (χ3v) is 3.73. The molecule has 1 fully saturated rings. The van der Waals surface area contributed by atoms with E-state index in [1.165, 1.54) is 19.0 Å². The maximum Gasteiger partial charge on any atom is 0.326 e. The van der Waals surface area contributed by atoms with Crippen LogP contribution in [-0.2, 0) is 22.6 Å². The molecule has 1 unspecified atom stereocenters. The lowest BCUT2D eigenvalue weighted by molar-refractivity contribution is -0.131. The third-order valence-electron chi connectivity index (χ3n) is 3.73. The molecule has 1 saturated heterocycles. The Hall–Kier alpha value is -2.38. The first-order valence-corrected chi connectivity index (χ1v) is 7.55. The van der Waals surface area contributed by atoms with Crippen LogP contribution in [0.4, 0.5) is 4.79 Å². The maximum absolute atomic E-state index is 12.0. The Kier molecular flexibility index (Phi) is 5.02. The Bertz CT molecular complexity index is 610. The number of nitrogens with one attached hydrogen (secondary N) is 1. The predicted octanol–water partition coefficient (Wildman–Crippen LogP) is 0.772. The van der Waals surface area contributed by atoms with Gasteiger partial charge in [-0.2, -0.15) is 0 Å². The molecule has 0 spiro atoms. The summed E-state index contributed by atoms with van der Waals surface area (Å²) in [6.45, 7) is 4.39. The first-order chi connectivity index (χ1) is 10.8. The van der Waals surface area contributed by atoms with Crippen LogP contribution in [-0.4, -0.2) is 52.9 Å². The van der Waals surface area contributed by atoms with Gasteiger partial charge in [-0.05, 0) is 5.92 Å². The summed E-state index contributed by atoms with van der Waals surface area (Å²) >= 11 is 0. The van der Waals surface area contributed by atoms with Gasteiger partial charge in [-0.15, -0.1) is 0 Å². The molecule has 1 aliphatic rings. The number of hydrogen-bond donors (Lipinski definition) is 1. The highest BCUT2D eigenvalue weighted by atomic mass is 16.5. The number of nitrogens with zero attached hydrogens (tertiary/aromatic N) is 3. The maximum atomic E-state index is 12.0. The van der Waals surface area contributed by atoms with Crippen LogP contribution in [0.2, 0.25) is 0 Å². The molecule has 0 aliphatic carbocycles. The van der Waals surface area contributed by atoms with Crippen LogP contribution in [0.25, 0.3) is 0 Å². The first kappa shape index (κ1) is 17.0. The van der Waals surface area contributed by atoms with Gasteiger partial charge < -0.3 is 14.7 Å². The average Bonchev–Trinajstić information content (AvgIpc) is 3.00. The van der Waals surface area contributed by atoms with Gasteiger partial charge in [-0.25, -0.2) is 4.79 Å². The van der Waals surface area contributed by atoms with Gasteiger partial charge in [0.25, 0.3) is 5.91 Å². The van der Waals surface area contributed by atoms with E-state index in [9.17, 15) is 14.4 Å². The molecule has 0 radical (unpaired) electrons. The van der Waals surface area contributed by atoms with Gasteiger partial charge in [-0.1, -0.05) is 19.0 Å². The van der Waals surface area contributed by atoms with Crippen molar-refractivity contribution in [2.75, 3.05) is 14.1 Å². The van der Waals surface area contributed by atoms with Gasteiger partial charge in [0.2, 0.25) is 5.91 Å². The molecule has 0 aromatic carbocycles. The number of imide groups is 1. The third kappa shape index (κ3) is 3.88. The standard InChI is InChI=1S/C15H22N4O4/c1-9(2)5-11-6-10(17-23-11)8-16-13(20)7-12-14(21)19(4)15(22)18(12)3/h6,9,12H,5,7-8H2,1-4H3,(H,16,20). The molecule has 1 N–H and O–H groups in total. The minimum absolute atomic E-state index is 0.0673. The minimum Gasteiger partial charge on any atom is -0.361 e. The number of carbonyl (C=O) groups excluding carboxylic acids is 3. The fourth-order valence-electron chi connectivity index (χ4n) is 2.45. The van der Waals surface area contributed by atoms with E-state index >= 15 is 0 Å². The largest absolute Gasteiger partial charge is 0.361 e. The Morgan fingerprint density at radius 2 is 2.09 bits per heavy atom. The molecule has 2 heterocycles. The molecule has 0 bridgehead atoms. The van der Waals surface area contributed by atoms with E-state index in [0.29, 0.717) is 11.6 Å². The zero-order chi connectivity index (χ0) is 17.1. The van der Waals surface area contributed by atoms with Crippen LogP contribution >= 0.6 is 0 Å². The zero-order valence-electron chi connectivity index (χ0n) is 13.8. The Balaban J connectivity index is 1.85. The van der Waals surface area contributed by atoms with E-state index in [4.69, 9.17) is 4.52 Å². The van der Waals surface area contributed by atoms with Gasteiger partial charge in [0, 0.05) is 26.6 Å². The van der Waals surface area contributed by atoms with Crippen LogP contribution in [0.5, 0.6) is 0 Å². The number of likely N-dealkylation sites (N-methyl/N-ethyl adjacent to an activating group) is 2. The van der Waals surface area contributed by atoms with Gasteiger partial charge >= 0.3 is 6.03 Å². The number of rotatable bonds is 6. The number of urea groups is 1. The molecule has 8 nitrogen and oxygen atoms in total. The van der Waals surface area contributed by atoms with Crippen LogP contribution in [0, 0.1) is 5.92 Å². The monoisotopic (exact) mass is 322 g/mol. The van der Waals surface area contributed by atoms with E-state index in [1.807, 2.05) is 6.07 Å². The molecular formula is C15H22N4O4. The Morgan fingerprint density at radius 3 is 2.65 bits per heavy atom. The van der Waals surface area contributed by atoms with E-state index in [2.05, 4.69) is 24.3 Å². The topological polar surface area (TPSA) is 95.8 Å². The summed E-state index contributed by atoms with van der Waals surface area (Å²) in [4.78, 5) is 37.8. The molecular weight excluding hydrogens is 300 g/mol. The van der Waals surface area contributed by atoms with Crippen molar-refractivity contribution in [2.24, 2.45) is 5.92 Å². The zero-order valence-corrected chi connectivity index (χ0v) is 13.8. The summed E-state index contributed by atoms with van der Waals surface area (Å²) in [5.41, 5.74) is 0.633. The second kappa shape index (κ2) is 6.80. The summed E-state index contributed by atoms with van der Waals surface area (Å²) in [5, 5.41) is 6.59. The number of aromatic nitrogens is 1. The molecule has 126 valence electrons. The Morgan fingerprint density at radius 1 is 1.39 bits per heavy atom. The molecule has 2 rings (SSSR count). The molecule has 1 aromatic rings. The van der Waals surface area contributed by atoms with Crippen molar-refractivity contribution >= 4 is 17.8 Å². The van der Waals surface area contributed by atoms with Crippen LogP contribution in [0.1, 0.15) is 31.7 Å². The predicted molar refractivity (Wildman–Crippen MR) is 81.2 cm³/mol. The second-order valence-electron chi connectivity index (χ2n) is 6.17. The molecule has 1 aromatic heterocycles. The highest BCUT2D eigenvalue weighted by molar-refractivity contribution is 6.05. The van der Waals surface area contributed by atoms with Crippen molar-refractivity contribution in [3.05, 3.63) is 17.5 Å². The normalized spacial score (nSPS) is 18.2. The van der Waals surface area contributed by atoms with Crippen molar-refractivity contribution in [1.82, 2.24) is 20.3 Å². The summed E-state index contributed by atoms with van der Waals surface area (Å²) < 4.78 is 5.19. The number of amides is 4. The first-order valence-electron chi connectivity index (χ1n) is 7.55. The lowest BCUT2D eigenvalue weighted by Crippen LogP contribution is -2.37. The van der Waals surface area contributed by atoms with Crippen molar-refractivity contribution in [3.63, 3.8) is 0 Å². The molecule has 0 saturated carbocycles. The van der Waals surface area contributed by atoms with E-state index < -0.39 is 12.1 Å². The van der Waals surface area contributed by atoms with Crippen molar-refractivity contribution in [3.8, 4) is 0 Å².